The normalized spacial score (nSPS) is 15.0. The van der Waals surface area contributed by atoms with Gasteiger partial charge in [-0.2, -0.15) is 5.10 Å². The van der Waals surface area contributed by atoms with E-state index in [1.807, 2.05) is 6.07 Å². The summed E-state index contributed by atoms with van der Waals surface area (Å²) in [4.78, 5) is 19.4. The number of aromatic amines is 1. The van der Waals surface area contributed by atoms with Crippen LogP contribution in [0, 0.1) is 11.6 Å². The van der Waals surface area contributed by atoms with Crippen molar-refractivity contribution in [2.75, 3.05) is 20.8 Å². The van der Waals surface area contributed by atoms with E-state index in [9.17, 15) is 9.18 Å². The van der Waals surface area contributed by atoms with E-state index in [1.54, 1.807) is 42.3 Å². The van der Waals surface area contributed by atoms with Gasteiger partial charge < -0.3 is 14.4 Å². The first-order chi connectivity index (χ1) is 17.0. The van der Waals surface area contributed by atoms with Crippen molar-refractivity contribution in [1.29, 1.82) is 0 Å². The van der Waals surface area contributed by atoms with Gasteiger partial charge in [-0.1, -0.05) is 24.3 Å². The Morgan fingerprint density at radius 1 is 1.09 bits per heavy atom. The zero-order valence-corrected chi connectivity index (χ0v) is 19.1. The van der Waals surface area contributed by atoms with Crippen LogP contribution in [0.4, 0.5) is 8.78 Å². The molecule has 3 aromatic carbocycles. The number of rotatable bonds is 5. The molecule has 35 heavy (non-hydrogen) atoms. The number of carbonyl (C=O) groups is 1. The van der Waals surface area contributed by atoms with Gasteiger partial charge in [0.05, 0.1) is 20.3 Å². The third-order valence-corrected chi connectivity index (χ3v) is 6.22. The zero-order chi connectivity index (χ0) is 24.5. The molecule has 1 unspecified atom stereocenters. The van der Waals surface area contributed by atoms with Crippen LogP contribution in [0.15, 0.2) is 60.9 Å². The fourth-order valence-corrected chi connectivity index (χ4v) is 4.54. The molecule has 0 bridgehead atoms. The number of H-pyrrole nitrogens is 1. The lowest BCUT2D eigenvalue weighted by atomic mass is 9.86. The minimum absolute atomic E-state index is 0.0565. The van der Waals surface area contributed by atoms with E-state index < -0.39 is 17.7 Å². The van der Waals surface area contributed by atoms with Crippen LogP contribution in [0.25, 0.3) is 11.4 Å². The summed E-state index contributed by atoms with van der Waals surface area (Å²) >= 11 is 0. The van der Waals surface area contributed by atoms with Gasteiger partial charge in [0.25, 0.3) is 5.91 Å². The number of nitrogens with one attached hydrogen (secondary N) is 1. The van der Waals surface area contributed by atoms with Gasteiger partial charge in [-0.05, 0) is 36.2 Å². The maximum Gasteiger partial charge on any atom is 0.254 e. The monoisotopic (exact) mass is 476 g/mol. The van der Waals surface area contributed by atoms with Crippen LogP contribution in [-0.2, 0) is 6.42 Å². The van der Waals surface area contributed by atoms with E-state index in [1.165, 1.54) is 25.6 Å². The minimum Gasteiger partial charge on any atom is -0.497 e. The molecule has 1 aliphatic heterocycles. The summed E-state index contributed by atoms with van der Waals surface area (Å²) in [5.41, 5.74) is 2.69. The number of amides is 1. The molecule has 5 rings (SSSR count). The van der Waals surface area contributed by atoms with E-state index >= 15 is 4.39 Å². The number of methoxy groups -OCH3 is 2. The number of aromatic nitrogens is 3. The second kappa shape index (κ2) is 9.17. The van der Waals surface area contributed by atoms with E-state index in [0.29, 0.717) is 41.4 Å². The summed E-state index contributed by atoms with van der Waals surface area (Å²) in [6.45, 7) is 0.298. The Bertz CT molecular complexity index is 1360. The van der Waals surface area contributed by atoms with E-state index in [0.717, 1.165) is 17.2 Å². The van der Waals surface area contributed by atoms with E-state index in [4.69, 9.17) is 9.47 Å². The van der Waals surface area contributed by atoms with Crippen LogP contribution in [0.1, 0.15) is 33.1 Å². The summed E-state index contributed by atoms with van der Waals surface area (Å²) in [5, 5.41) is 6.62. The molecule has 0 spiro atoms. The van der Waals surface area contributed by atoms with E-state index in [-0.39, 0.29) is 11.5 Å². The Labute approximate surface area is 200 Å². The van der Waals surface area contributed by atoms with Crippen molar-refractivity contribution >= 4 is 5.91 Å². The molecular weight excluding hydrogens is 454 g/mol. The Morgan fingerprint density at radius 2 is 1.89 bits per heavy atom. The SMILES string of the molecule is COc1cc2c(c(OC)c1)C(c1cccc(F)c1F)N(C(=O)c1ccc(-c3ncn[nH]3)cc1)CC2. The highest BCUT2D eigenvalue weighted by Gasteiger charge is 2.37. The summed E-state index contributed by atoms with van der Waals surface area (Å²) in [7, 11) is 3.04. The standard InChI is InChI=1S/C26H22F2N4O3/c1-34-18-12-17-10-11-32(26(33)16-8-6-15(7-9-16)25-29-14-30-31-25)24(22(17)21(13-18)35-2)19-4-3-5-20(27)23(19)28/h3-9,12-14,24H,10-11H2,1-2H3,(H,29,30,31). The minimum atomic E-state index is -0.998. The second-order valence-electron chi connectivity index (χ2n) is 8.11. The van der Waals surface area contributed by atoms with Gasteiger partial charge in [0.2, 0.25) is 0 Å². The third-order valence-electron chi connectivity index (χ3n) is 6.22. The van der Waals surface area contributed by atoms with Gasteiger partial charge in [0.1, 0.15) is 17.8 Å². The summed E-state index contributed by atoms with van der Waals surface area (Å²) in [6, 6.07) is 13.5. The molecule has 9 heteroatoms. The van der Waals surface area contributed by atoms with Gasteiger partial charge in [-0.3, -0.25) is 9.89 Å². The van der Waals surface area contributed by atoms with Gasteiger partial charge in [-0.15, -0.1) is 0 Å². The maximum atomic E-state index is 15.1. The van der Waals surface area contributed by atoms with Crippen molar-refractivity contribution in [2.45, 2.75) is 12.5 Å². The average Bonchev–Trinajstić information content (AvgIpc) is 3.44. The average molecular weight is 476 g/mol. The molecule has 7 nitrogen and oxygen atoms in total. The number of carbonyl (C=O) groups excluding carboxylic acids is 1. The highest BCUT2D eigenvalue weighted by atomic mass is 19.2. The molecule has 1 atom stereocenters. The van der Waals surface area contributed by atoms with Crippen molar-refractivity contribution in [3.05, 3.63) is 94.8 Å². The van der Waals surface area contributed by atoms with Gasteiger partial charge in [0.15, 0.2) is 17.5 Å². The summed E-state index contributed by atoms with van der Waals surface area (Å²) in [6.07, 6.45) is 1.90. The number of halogens is 2. The number of benzene rings is 3. The summed E-state index contributed by atoms with van der Waals surface area (Å²) < 4.78 is 40.4. The van der Waals surface area contributed by atoms with Crippen LogP contribution in [0.2, 0.25) is 0 Å². The molecule has 4 aromatic rings. The Morgan fingerprint density at radius 3 is 2.57 bits per heavy atom. The molecule has 178 valence electrons. The van der Waals surface area contributed by atoms with Crippen molar-refractivity contribution in [3.63, 3.8) is 0 Å². The number of fused-ring (bicyclic) bond motifs is 1. The van der Waals surface area contributed by atoms with Crippen molar-refractivity contribution in [3.8, 4) is 22.9 Å². The lowest BCUT2D eigenvalue weighted by Crippen LogP contribution is -2.41. The lowest BCUT2D eigenvalue weighted by molar-refractivity contribution is 0.0689. The Hall–Kier alpha value is -4.27. The molecule has 1 aliphatic rings. The first-order valence-corrected chi connectivity index (χ1v) is 11.0. The number of nitrogens with zero attached hydrogens (tertiary/aromatic N) is 3. The largest absolute Gasteiger partial charge is 0.497 e. The molecule has 1 aromatic heterocycles. The van der Waals surface area contributed by atoms with Crippen LogP contribution in [0.3, 0.4) is 0 Å². The van der Waals surface area contributed by atoms with Gasteiger partial charge >= 0.3 is 0 Å². The fraction of sp³-hybridized carbons (Fsp3) is 0.192. The molecule has 0 saturated carbocycles. The molecular formula is C26H22F2N4O3. The van der Waals surface area contributed by atoms with Gasteiger partial charge in [0, 0.05) is 34.9 Å². The maximum absolute atomic E-state index is 15.1. The first kappa shape index (κ1) is 22.5. The second-order valence-corrected chi connectivity index (χ2v) is 8.11. The predicted octanol–water partition coefficient (Wildman–Crippen LogP) is 4.56. The van der Waals surface area contributed by atoms with Crippen molar-refractivity contribution in [2.24, 2.45) is 0 Å². The molecule has 0 radical (unpaired) electrons. The third kappa shape index (κ3) is 3.99. The van der Waals surface area contributed by atoms with E-state index in [2.05, 4.69) is 15.2 Å². The predicted molar refractivity (Wildman–Crippen MR) is 124 cm³/mol. The fourth-order valence-electron chi connectivity index (χ4n) is 4.54. The topological polar surface area (TPSA) is 80.3 Å². The summed E-state index contributed by atoms with van der Waals surface area (Å²) in [5.74, 6) is -0.693. The zero-order valence-electron chi connectivity index (χ0n) is 19.1. The Kier molecular flexibility index (Phi) is 5.90. The molecule has 1 amide bonds. The number of hydrogen-bond donors (Lipinski definition) is 1. The van der Waals surface area contributed by atoms with Crippen LogP contribution < -0.4 is 9.47 Å². The van der Waals surface area contributed by atoms with Crippen LogP contribution in [0.5, 0.6) is 11.5 Å². The smallest absolute Gasteiger partial charge is 0.254 e. The first-order valence-electron chi connectivity index (χ1n) is 11.0. The van der Waals surface area contributed by atoms with Crippen molar-refractivity contribution < 1.29 is 23.0 Å². The number of hydrogen-bond acceptors (Lipinski definition) is 5. The molecule has 0 saturated heterocycles. The molecule has 2 heterocycles. The van der Waals surface area contributed by atoms with Gasteiger partial charge in [-0.25, -0.2) is 13.8 Å². The highest BCUT2D eigenvalue weighted by molar-refractivity contribution is 5.95. The highest BCUT2D eigenvalue weighted by Crippen LogP contribution is 2.44. The molecule has 1 N–H and O–H groups in total. The Balaban J connectivity index is 1.61. The quantitative estimate of drug-likeness (QED) is 0.457. The van der Waals surface area contributed by atoms with Crippen LogP contribution in [-0.4, -0.2) is 46.8 Å². The molecule has 0 aliphatic carbocycles. The lowest BCUT2D eigenvalue weighted by Gasteiger charge is -2.39. The number of ether oxygens (including phenoxy) is 2. The van der Waals surface area contributed by atoms with Crippen LogP contribution >= 0.6 is 0 Å². The molecule has 0 fully saturated rings. The van der Waals surface area contributed by atoms with Crippen molar-refractivity contribution in [1.82, 2.24) is 20.1 Å².